The molecular formula is C9H14F2N2O2. The fourth-order valence-electron chi connectivity index (χ4n) is 1.78. The van der Waals surface area contributed by atoms with Gasteiger partial charge in [-0.2, -0.15) is 8.78 Å². The van der Waals surface area contributed by atoms with E-state index in [4.69, 9.17) is 5.73 Å². The molecule has 1 aliphatic rings. The number of likely N-dealkylation sites (tertiary alicyclic amines) is 1. The van der Waals surface area contributed by atoms with Gasteiger partial charge in [-0.25, -0.2) is 0 Å². The van der Waals surface area contributed by atoms with Crippen LogP contribution in [0.15, 0.2) is 0 Å². The van der Waals surface area contributed by atoms with Crippen LogP contribution in [0, 0.1) is 5.92 Å². The zero-order valence-corrected chi connectivity index (χ0v) is 8.29. The number of primary amides is 1. The minimum Gasteiger partial charge on any atom is -0.370 e. The number of hydrogen-bond donors (Lipinski definition) is 1. The van der Waals surface area contributed by atoms with Gasteiger partial charge in [0.15, 0.2) is 0 Å². The number of amides is 2. The van der Waals surface area contributed by atoms with Gasteiger partial charge in [-0.1, -0.05) is 0 Å². The Kier molecular flexibility index (Phi) is 3.99. The highest BCUT2D eigenvalue weighted by atomic mass is 19.3. The summed E-state index contributed by atoms with van der Waals surface area (Å²) < 4.78 is 24.1. The van der Waals surface area contributed by atoms with Crippen LogP contribution >= 0.6 is 0 Å². The molecule has 2 amide bonds. The molecule has 0 atom stereocenters. The van der Waals surface area contributed by atoms with E-state index in [2.05, 4.69) is 0 Å². The summed E-state index contributed by atoms with van der Waals surface area (Å²) in [6.07, 6.45) is -1.52. The van der Waals surface area contributed by atoms with Crippen molar-refractivity contribution in [3.05, 3.63) is 0 Å². The van der Waals surface area contributed by atoms with Crippen molar-refractivity contribution >= 4 is 11.8 Å². The predicted octanol–water partition coefficient (Wildman–Crippen LogP) is 0.365. The average Bonchev–Trinajstić information content (AvgIpc) is 2.17. The normalized spacial score (nSPS) is 18.2. The molecule has 0 unspecified atom stereocenters. The zero-order chi connectivity index (χ0) is 11.4. The van der Waals surface area contributed by atoms with Crippen molar-refractivity contribution < 1.29 is 18.4 Å². The van der Waals surface area contributed by atoms with Gasteiger partial charge in [-0.05, 0) is 18.8 Å². The molecule has 1 heterocycles. The molecule has 2 N–H and O–H groups in total. The van der Waals surface area contributed by atoms with Crippen LogP contribution in [0.25, 0.3) is 0 Å². The number of alkyl halides is 2. The second kappa shape index (κ2) is 5.04. The molecule has 1 rings (SSSR count). The van der Waals surface area contributed by atoms with Crippen LogP contribution in [-0.4, -0.2) is 36.2 Å². The molecule has 0 radical (unpaired) electrons. The highest BCUT2D eigenvalue weighted by molar-refractivity contribution is 5.79. The van der Waals surface area contributed by atoms with E-state index in [9.17, 15) is 18.4 Å². The standard InChI is InChI=1S/C9H14F2N2O2/c10-8(11)9(15)13-3-1-6(2-4-13)5-7(12)14/h6,8H,1-5H2,(H2,12,14). The molecule has 0 aromatic carbocycles. The Morgan fingerprint density at radius 2 is 1.87 bits per heavy atom. The van der Waals surface area contributed by atoms with Gasteiger partial charge < -0.3 is 10.6 Å². The van der Waals surface area contributed by atoms with Gasteiger partial charge in [-0.15, -0.1) is 0 Å². The molecule has 0 aromatic rings. The highest BCUT2D eigenvalue weighted by Gasteiger charge is 2.28. The Hall–Kier alpha value is -1.20. The molecule has 15 heavy (non-hydrogen) atoms. The smallest absolute Gasteiger partial charge is 0.315 e. The van der Waals surface area contributed by atoms with Crippen molar-refractivity contribution in [3.63, 3.8) is 0 Å². The van der Waals surface area contributed by atoms with E-state index in [1.807, 2.05) is 0 Å². The first-order chi connectivity index (χ1) is 7.00. The number of nitrogens with two attached hydrogens (primary N) is 1. The molecule has 0 aromatic heterocycles. The Morgan fingerprint density at radius 1 is 1.33 bits per heavy atom. The average molecular weight is 220 g/mol. The first kappa shape index (κ1) is 11.9. The Labute approximate surface area is 86.4 Å². The third kappa shape index (κ3) is 3.45. The third-order valence-electron chi connectivity index (χ3n) is 2.60. The van der Waals surface area contributed by atoms with Gasteiger partial charge in [0.05, 0.1) is 0 Å². The van der Waals surface area contributed by atoms with E-state index in [0.29, 0.717) is 25.9 Å². The number of nitrogens with zero attached hydrogens (tertiary/aromatic N) is 1. The van der Waals surface area contributed by atoms with Gasteiger partial charge >= 0.3 is 6.43 Å². The van der Waals surface area contributed by atoms with E-state index >= 15 is 0 Å². The molecule has 0 saturated carbocycles. The number of halogens is 2. The number of carbonyl (C=O) groups excluding carboxylic acids is 2. The maximum atomic E-state index is 12.1. The summed E-state index contributed by atoms with van der Waals surface area (Å²) in [5.41, 5.74) is 5.03. The molecule has 6 heteroatoms. The minimum absolute atomic E-state index is 0.129. The molecule has 0 aliphatic carbocycles. The first-order valence-electron chi connectivity index (χ1n) is 4.86. The first-order valence-corrected chi connectivity index (χ1v) is 4.86. The minimum atomic E-state index is -2.93. The zero-order valence-electron chi connectivity index (χ0n) is 8.29. The van der Waals surface area contributed by atoms with Crippen LogP contribution in [-0.2, 0) is 9.59 Å². The summed E-state index contributed by atoms with van der Waals surface area (Å²) >= 11 is 0. The summed E-state index contributed by atoms with van der Waals surface area (Å²) in [5, 5.41) is 0. The predicted molar refractivity (Wildman–Crippen MR) is 49.1 cm³/mol. The summed E-state index contributed by atoms with van der Waals surface area (Å²) in [4.78, 5) is 22.7. The molecule has 86 valence electrons. The third-order valence-corrected chi connectivity index (χ3v) is 2.60. The Balaban J connectivity index is 2.35. The molecule has 1 aliphatic heterocycles. The van der Waals surface area contributed by atoms with Crippen molar-refractivity contribution in [1.82, 2.24) is 4.90 Å². The lowest BCUT2D eigenvalue weighted by atomic mass is 9.93. The highest BCUT2D eigenvalue weighted by Crippen LogP contribution is 2.21. The van der Waals surface area contributed by atoms with Crippen LogP contribution in [0.3, 0.4) is 0 Å². The van der Waals surface area contributed by atoms with Gasteiger partial charge in [0.2, 0.25) is 5.91 Å². The summed E-state index contributed by atoms with van der Waals surface area (Å²) in [6.45, 7) is 0.586. The van der Waals surface area contributed by atoms with E-state index < -0.39 is 12.3 Å². The quantitative estimate of drug-likeness (QED) is 0.746. The van der Waals surface area contributed by atoms with Crippen LogP contribution in [0.5, 0.6) is 0 Å². The lowest BCUT2D eigenvalue weighted by Gasteiger charge is -2.31. The lowest BCUT2D eigenvalue weighted by molar-refractivity contribution is -0.144. The van der Waals surface area contributed by atoms with Gasteiger partial charge in [-0.3, -0.25) is 9.59 Å². The van der Waals surface area contributed by atoms with Crippen molar-refractivity contribution in [2.24, 2.45) is 11.7 Å². The monoisotopic (exact) mass is 220 g/mol. The SMILES string of the molecule is NC(=O)CC1CCN(C(=O)C(F)F)CC1. The number of piperidine rings is 1. The van der Waals surface area contributed by atoms with E-state index in [1.54, 1.807) is 0 Å². The second-order valence-electron chi connectivity index (χ2n) is 3.74. The van der Waals surface area contributed by atoms with E-state index in [1.165, 1.54) is 0 Å². The second-order valence-corrected chi connectivity index (χ2v) is 3.74. The summed E-state index contributed by atoms with van der Waals surface area (Å²) in [6, 6.07) is 0. The van der Waals surface area contributed by atoms with Crippen LogP contribution in [0.4, 0.5) is 8.78 Å². The lowest BCUT2D eigenvalue weighted by Crippen LogP contribution is -2.42. The van der Waals surface area contributed by atoms with E-state index in [0.717, 1.165) is 4.90 Å². The van der Waals surface area contributed by atoms with Crippen molar-refractivity contribution in [2.45, 2.75) is 25.7 Å². The maximum absolute atomic E-state index is 12.1. The van der Waals surface area contributed by atoms with Crippen LogP contribution in [0.2, 0.25) is 0 Å². The fraction of sp³-hybridized carbons (Fsp3) is 0.778. The molecular weight excluding hydrogens is 206 g/mol. The van der Waals surface area contributed by atoms with Crippen LogP contribution in [0.1, 0.15) is 19.3 Å². The summed E-state index contributed by atoms with van der Waals surface area (Å²) in [5.74, 6) is -1.37. The molecule has 1 fully saturated rings. The number of hydrogen-bond acceptors (Lipinski definition) is 2. The van der Waals surface area contributed by atoms with Crippen molar-refractivity contribution in [3.8, 4) is 0 Å². The van der Waals surface area contributed by atoms with Gasteiger partial charge in [0.25, 0.3) is 5.91 Å². The van der Waals surface area contributed by atoms with Gasteiger partial charge in [0.1, 0.15) is 0 Å². The molecule has 0 spiro atoms. The molecule has 0 bridgehead atoms. The Bertz CT molecular complexity index is 250. The van der Waals surface area contributed by atoms with Crippen LogP contribution < -0.4 is 5.73 Å². The van der Waals surface area contributed by atoms with E-state index in [-0.39, 0.29) is 18.2 Å². The molecule has 4 nitrogen and oxygen atoms in total. The largest absolute Gasteiger partial charge is 0.370 e. The fourth-order valence-corrected chi connectivity index (χ4v) is 1.78. The number of carbonyl (C=O) groups is 2. The Morgan fingerprint density at radius 3 is 2.27 bits per heavy atom. The molecule has 1 saturated heterocycles. The maximum Gasteiger partial charge on any atom is 0.315 e. The van der Waals surface area contributed by atoms with Crippen molar-refractivity contribution in [1.29, 1.82) is 0 Å². The van der Waals surface area contributed by atoms with Crippen molar-refractivity contribution in [2.75, 3.05) is 13.1 Å². The topological polar surface area (TPSA) is 63.4 Å². The van der Waals surface area contributed by atoms with Gasteiger partial charge in [0, 0.05) is 19.5 Å². The number of rotatable bonds is 3. The summed E-state index contributed by atoms with van der Waals surface area (Å²) in [7, 11) is 0.